The van der Waals surface area contributed by atoms with E-state index in [4.69, 9.17) is 0 Å². The zero-order chi connectivity index (χ0) is 11.3. The molecule has 0 aromatic carbocycles. The van der Waals surface area contributed by atoms with Crippen molar-refractivity contribution in [3.63, 3.8) is 0 Å². The fraction of sp³-hybridized carbons (Fsp3) is 0.714. The van der Waals surface area contributed by atoms with E-state index in [0.717, 1.165) is 0 Å². The quantitative estimate of drug-likeness (QED) is 0.603. The largest absolute Gasteiger partial charge is 0.387 e. The van der Waals surface area contributed by atoms with E-state index < -0.39 is 11.5 Å². The molecule has 0 spiro atoms. The van der Waals surface area contributed by atoms with Gasteiger partial charge < -0.3 is 10.4 Å². The highest BCUT2D eigenvalue weighted by Crippen LogP contribution is 2.08. The van der Waals surface area contributed by atoms with Gasteiger partial charge in [0.15, 0.2) is 0 Å². The van der Waals surface area contributed by atoms with Crippen LogP contribution in [-0.2, 0) is 0 Å². The topological polar surface area (TPSA) is 104 Å². The molecule has 84 valence electrons. The van der Waals surface area contributed by atoms with E-state index >= 15 is 0 Å². The Kier molecular flexibility index (Phi) is 4.04. The lowest BCUT2D eigenvalue weighted by Crippen LogP contribution is -2.42. The van der Waals surface area contributed by atoms with Crippen molar-refractivity contribution in [3.8, 4) is 0 Å². The molecule has 1 rings (SSSR count). The molecule has 1 aromatic heterocycles. The van der Waals surface area contributed by atoms with Crippen LogP contribution in [0.25, 0.3) is 0 Å². The van der Waals surface area contributed by atoms with E-state index in [1.54, 1.807) is 6.92 Å². The lowest BCUT2D eigenvalue weighted by atomic mass is 10.1. The van der Waals surface area contributed by atoms with E-state index in [2.05, 4.69) is 25.9 Å². The molecule has 0 saturated carbocycles. The summed E-state index contributed by atoms with van der Waals surface area (Å²) in [4.78, 5) is 11.3. The maximum absolute atomic E-state index is 11.3. The van der Waals surface area contributed by atoms with Gasteiger partial charge in [-0.2, -0.15) is 17.0 Å². The van der Waals surface area contributed by atoms with Crippen molar-refractivity contribution in [1.82, 2.24) is 25.9 Å². The highest BCUT2D eigenvalue weighted by molar-refractivity contribution is 7.98. The second kappa shape index (κ2) is 5.08. The molecule has 0 bridgehead atoms. The van der Waals surface area contributed by atoms with Crippen molar-refractivity contribution in [3.05, 3.63) is 5.82 Å². The fourth-order valence-corrected chi connectivity index (χ4v) is 1.69. The first-order chi connectivity index (χ1) is 7.05. The average Bonchev–Trinajstić information content (AvgIpc) is 2.67. The van der Waals surface area contributed by atoms with Crippen LogP contribution < -0.4 is 5.32 Å². The molecule has 1 aromatic rings. The van der Waals surface area contributed by atoms with Crippen molar-refractivity contribution in [2.75, 3.05) is 18.6 Å². The third kappa shape index (κ3) is 3.84. The zero-order valence-corrected chi connectivity index (χ0v) is 9.34. The number of aliphatic hydroxyl groups is 1. The van der Waals surface area contributed by atoms with Crippen LogP contribution in [0.1, 0.15) is 17.5 Å². The fourth-order valence-electron chi connectivity index (χ4n) is 0.970. The number of tetrazole rings is 1. The first kappa shape index (κ1) is 11.9. The van der Waals surface area contributed by atoms with E-state index in [9.17, 15) is 9.90 Å². The van der Waals surface area contributed by atoms with Crippen molar-refractivity contribution >= 4 is 17.7 Å². The summed E-state index contributed by atoms with van der Waals surface area (Å²) in [5.41, 5.74) is -0.932. The highest BCUT2D eigenvalue weighted by atomic mass is 32.2. The molecule has 0 aliphatic rings. The SMILES string of the molecule is CSCC(C)(O)CNC(=O)c1nn[nH]n1. The first-order valence-corrected chi connectivity index (χ1v) is 5.67. The minimum atomic E-state index is -0.932. The van der Waals surface area contributed by atoms with Crippen LogP contribution in [0.5, 0.6) is 0 Å². The van der Waals surface area contributed by atoms with Crippen molar-refractivity contribution in [2.24, 2.45) is 0 Å². The van der Waals surface area contributed by atoms with Crippen LogP contribution in [0, 0.1) is 0 Å². The number of carbonyl (C=O) groups is 1. The molecule has 0 radical (unpaired) electrons. The predicted molar refractivity (Wildman–Crippen MR) is 55.5 cm³/mol. The molecular formula is C7H13N5O2S. The Bertz CT molecular complexity index is 313. The van der Waals surface area contributed by atoms with Crippen LogP contribution in [0.4, 0.5) is 0 Å². The Hall–Kier alpha value is -1.15. The molecule has 0 fully saturated rings. The Labute approximate surface area is 91.0 Å². The summed E-state index contributed by atoms with van der Waals surface area (Å²) in [6.07, 6.45) is 1.88. The molecule has 0 saturated heterocycles. The number of nitrogens with zero attached hydrogens (tertiary/aromatic N) is 3. The summed E-state index contributed by atoms with van der Waals surface area (Å²) < 4.78 is 0. The summed E-state index contributed by atoms with van der Waals surface area (Å²) >= 11 is 1.51. The Morgan fingerprint density at radius 1 is 1.73 bits per heavy atom. The van der Waals surface area contributed by atoms with Crippen LogP contribution in [-0.4, -0.2) is 55.8 Å². The standard InChI is InChI=1S/C7H13N5O2S/c1-7(14,4-15-2)3-8-6(13)5-9-11-12-10-5/h14H,3-4H2,1-2H3,(H,8,13)(H,9,10,11,12). The van der Waals surface area contributed by atoms with E-state index in [0.29, 0.717) is 5.75 Å². The third-order valence-corrected chi connectivity index (χ3v) is 2.54. The van der Waals surface area contributed by atoms with Crippen LogP contribution in [0.3, 0.4) is 0 Å². The third-order valence-electron chi connectivity index (χ3n) is 1.63. The summed E-state index contributed by atoms with van der Waals surface area (Å²) in [6.45, 7) is 1.81. The van der Waals surface area contributed by atoms with Crippen LogP contribution in [0.15, 0.2) is 0 Å². The minimum Gasteiger partial charge on any atom is -0.387 e. The van der Waals surface area contributed by atoms with Crippen molar-refractivity contribution < 1.29 is 9.90 Å². The van der Waals surface area contributed by atoms with Gasteiger partial charge in [0.2, 0.25) is 0 Å². The number of nitrogens with one attached hydrogen (secondary N) is 2. The number of hydrogen-bond acceptors (Lipinski definition) is 6. The van der Waals surface area contributed by atoms with Crippen molar-refractivity contribution in [1.29, 1.82) is 0 Å². The number of amides is 1. The lowest BCUT2D eigenvalue weighted by Gasteiger charge is -2.21. The number of aromatic amines is 1. The number of aromatic nitrogens is 4. The molecule has 1 unspecified atom stereocenters. The van der Waals surface area contributed by atoms with Gasteiger partial charge in [-0.05, 0) is 18.4 Å². The Morgan fingerprint density at radius 2 is 2.47 bits per heavy atom. The Balaban J connectivity index is 2.40. The molecular weight excluding hydrogens is 218 g/mol. The van der Waals surface area contributed by atoms with Gasteiger partial charge in [-0.25, -0.2) is 0 Å². The molecule has 1 amide bonds. The van der Waals surface area contributed by atoms with Gasteiger partial charge in [-0.1, -0.05) is 0 Å². The molecule has 1 atom stereocenters. The van der Waals surface area contributed by atoms with Gasteiger partial charge >= 0.3 is 0 Å². The molecule has 0 aliphatic carbocycles. The zero-order valence-electron chi connectivity index (χ0n) is 8.52. The summed E-state index contributed by atoms with van der Waals surface area (Å²) in [5.74, 6) is 0.0552. The molecule has 3 N–H and O–H groups in total. The second-order valence-corrected chi connectivity index (χ2v) is 4.21. The first-order valence-electron chi connectivity index (χ1n) is 4.28. The molecule has 1 heterocycles. The number of rotatable bonds is 5. The van der Waals surface area contributed by atoms with Crippen molar-refractivity contribution in [2.45, 2.75) is 12.5 Å². The van der Waals surface area contributed by atoms with Gasteiger partial charge in [0.05, 0.1) is 5.60 Å². The van der Waals surface area contributed by atoms with E-state index in [1.165, 1.54) is 11.8 Å². The van der Waals surface area contributed by atoms with Gasteiger partial charge in [0.1, 0.15) is 0 Å². The number of thioether (sulfide) groups is 1. The second-order valence-electron chi connectivity index (χ2n) is 3.35. The number of carbonyl (C=O) groups excluding carboxylic acids is 1. The molecule has 8 heteroatoms. The maximum Gasteiger partial charge on any atom is 0.292 e. The minimum absolute atomic E-state index is 0.0325. The lowest BCUT2D eigenvalue weighted by molar-refractivity contribution is 0.0719. The number of H-pyrrole nitrogens is 1. The summed E-state index contributed by atoms with van der Waals surface area (Å²) in [6, 6.07) is 0. The highest BCUT2D eigenvalue weighted by Gasteiger charge is 2.21. The molecule has 0 aliphatic heterocycles. The normalized spacial score (nSPS) is 14.6. The summed E-state index contributed by atoms with van der Waals surface area (Å²) in [5, 5.41) is 24.8. The Morgan fingerprint density at radius 3 is 3.00 bits per heavy atom. The molecule has 15 heavy (non-hydrogen) atoms. The average molecular weight is 231 g/mol. The molecule has 7 nitrogen and oxygen atoms in total. The predicted octanol–water partition coefficient (Wildman–Crippen LogP) is -0.957. The van der Waals surface area contributed by atoms with E-state index in [-0.39, 0.29) is 12.4 Å². The maximum atomic E-state index is 11.3. The monoisotopic (exact) mass is 231 g/mol. The number of hydrogen-bond donors (Lipinski definition) is 3. The summed E-state index contributed by atoms with van der Waals surface area (Å²) in [7, 11) is 0. The van der Waals surface area contributed by atoms with Crippen LogP contribution >= 0.6 is 11.8 Å². The smallest absolute Gasteiger partial charge is 0.292 e. The van der Waals surface area contributed by atoms with Gasteiger partial charge in [-0.15, -0.1) is 10.2 Å². The van der Waals surface area contributed by atoms with E-state index in [1.807, 2.05) is 6.26 Å². The van der Waals surface area contributed by atoms with Gasteiger partial charge in [0.25, 0.3) is 11.7 Å². The van der Waals surface area contributed by atoms with Crippen LogP contribution in [0.2, 0.25) is 0 Å². The van der Waals surface area contributed by atoms with Gasteiger partial charge in [-0.3, -0.25) is 4.79 Å². The van der Waals surface area contributed by atoms with Gasteiger partial charge in [0, 0.05) is 12.3 Å².